The minimum atomic E-state index is -4.18. The Morgan fingerprint density at radius 1 is 0.912 bits per heavy atom. The lowest BCUT2D eigenvalue weighted by Crippen LogP contribution is -2.16. The Labute approximate surface area is 213 Å². The number of fused-ring (bicyclic) bond motifs is 1. The van der Waals surface area contributed by atoms with Crippen molar-refractivity contribution in [2.24, 2.45) is 0 Å². The molecule has 0 bridgehead atoms. The number of carbonyl (C=O) groups is 1. The second-order valence-electron chi connectivity index (χ2n) is 7.09. The number of sulfonamides is 1. The molecule has 0 radical (unpaired) electrons. The Balaban J connectivity index is 1.75. The summed E-state index contributed by atoms with van der Waals surface area (Å²) in [6.07, 6.45) is 0. The van der Waals surface area contributed by atoms with Crippen LogP contribution in [0.1, 0.15) is 6.92 Å². The Bertz CT molecular complexity index is 1490. The molecule has 4 aromatic rings. The van der Waals surface area contributed by atoms with Crippen LogP contribution in [0.5, 0.6) is 0 Å². The predicted octanol–water partition coefficient (Wildman–Crippen LogP) is 6.20. The average molecular weight is 581 g/mol. The first kappa shape index (κ1) is 24.2. The molecule has 0 fully saturated rings. The lowest BCUT2D eigenvalue weighted by atomic mass is 10.3. The van der Waals surface area contributed by atoms with Gasteiger partial charge in [0.05, 0.1) is 31.7 Å². The first-order chi connectivity index (χ1) is 16.1. The Morgan fingerprint density at radius 3 is 2.03 bits per heavy atom. The molecule has 174 valence electrons. The molecule has 0 spiro atoms. The lowest BCUT2D eigenvalue weighted by molar-refractivity contribution is -0.114. The van der Waals surface area contributed by atoms with Gasteiger partial charge in [0, 0.05) is 17.1 Å². The van der Waals surface area contributed by atoms with Crippen LogP contribution in [0.25, 0.3) is 11.0 Å². The average Bonchev–Trinajstić information content (AvgIpc) is 2.77. The molecule has 1 aromatic heterocycles. The first-order valence-electron chi connectivity index (χ1n) is 9.71. The number of para-hydroxylation sites is 2. The number of nitrogens with one attached hydrogen (secondary N) is 3. The quantitative estimate of drug-likeness (QED) is 0.250. The van der Waals surface area contributed by atoms with Gasteiger partial charge in [-0.2, -0.15) is 0 Å². The van der Waals surface area contributed by atoms with Gasteiger partial charge in [-0.1, -0.05) is 51.3 Å². The van der Waals surface area contributed by atoms with Gasteiger partial charge in [-0.15, -0.1) is 0 Å². The number of anilines is 4. The van der Waals surface area contributed by atoms with Crippen molar-refractivity contribution in [3.63, 3.8) is 0 Å². The minimum Gasteiger partial charge on any atom is -0.337 e. The van der Waals surface area contributed by atoms with Crippen LogP contribution in [0.3, 0.4) is 0 Å². The number of benzene rings is 3. The maximum Gasteiger partial charge on any atom is 0.263 e. The molecule has 3 aromatic carbocycles. The van der Waals surface area contributed by atoms with Crippen LogP contribution in [-0.4, -0.2) is 24.3 Å². The van der Waals surface area contributed by atoms with E-state index in [1.807, 2.05) is 18.2 Å². The molecule has 34 heavy (non-hydrogen) atoms. The van der Waals surface area contributed by atoms with Crippen LogP contribution in [-0.2, 0) is 14.8 Å². The third kappa shape index (κ3) is 5.41. The fraction of sp³-hybridized carbons (Fsp3) is 0.0455. The monoisotopic (exact) mass is 579 g/mol. The van der Waals surface area contributed by atoms with Crippen LogP contribution in [0, 0.1) is 0 Å². The van der Waals surface area contributed by atoms with Crippen LogP contribution in [0.15, 0.2) is 70.0 Å². The SMILES string of the molecule is CC(=O)Nc1c(Cl)cc(S(=O)(=O)Nc2nc3ccccc3nc2Nc2ccc(Br)cc2)cc1Cl. The number of halogens is 3. The summed E-state index contributed by atoms with van der Waals surface area (Å²) in [6, 6.07) is 16.7. The maximum atomic E-state index is 13.2. The van der Waals surface area contributed by atoms with E-state index in [-0.39, 0.29) is 32.3 Å². The molecule has 0 aliphatic heterocycles. The second kappa shape index (κ2) is 9.75. The van der Waals surface area contributed by atoms with Gasteiger partial charge in [0.2, 0.25) is 5.91 Å². The van der Waals surface area contributed by atoms with Crippen molar-refractivity contribution in [3.05, 3.63) is 75.2 Å². The third-order valence-corrected chi connectivity index (χ3v) is 6.98. The maximum absolute atomic E-state index is 13.2. The van der Waals surface area contributed by atoms with Gasteiger partial charge in [-0.25, -0.2) is 18.4 Å². The first-order valence-corrected chi connectivity index (χ1v) is 12.7. The van der Waals surface area contributed by atoms with Crippen LogP contribution in [0.4, 0.5) is 23.0 Å². The Hall–Kier alpha value is -2.92. The fourth-order valence-corrected chi connectivity index (χ4v) is 5.05. The smallest absolute Gasteiger partial charge is 0.263 e. The number of nitrogens with zero attached hydrogens (tertiary/aromatic N) is 2. The number of hydrogen-bond acceptors (Lipinski definition) is 6. The van der Waals surface area contributed by atoms with E-state index in [2.05, 4.69) is 41.3 Å². The summed E-state index contributed by atoms with van der Waals surface area (Å²) >= 11 is 15.7. The molecule has 0 atom stereocenters. The summed E-state index contributed by atoms with van der Waals surface area (Å²) in [5.74, 6) is -0.205. The van der Waals surface area contributed by atoms with Gasteiger partial charge in [0.25, 0.3) is 10.0 Å². The molecule has 0 saturated heterocycles. The predicted molar refractivity (Wildman–Crippen MR) is 139 cm³/mol. The van der Waals surface area contributed by atoms with Crippen molar-refractivity contribution in [3.8, 4) is 0 Å². The highest BCUT2D eigenvalue weighted by atomic mass is 79.9. The van der Waals surface area contributed by atoms with E-state index in [9.17, 15) is 13.2 Å². The molecule has 0 aliphatic carbocycles. The molecule has 0 aliphatic rings. The van der Waals surface area contributed by atoms with Gasteiger partial charge in [0.1, 0.15) is 0 Å². The number of aromatic nitrogens is 2. The summed E-state index contributed by atoms with van der Waals surface area (Å²) in [5, 5.41) is 5.52. The third-order valence-electron chi connectivity index (χ3n) is 4.54. The summed E-state index contributed by atoms with van der Waals surface area (Å²) in [6.45, 7) is 1.29. The van der Waals surface area contributed by atoms with E-state index < -0.39 is 15.9 Å². The largest absolute Gasteiger partial charge is 0.337 e. The number of carbonyl (C=O) groups excluding carboxylic acids is 1. The molecule has 0 unspecified atom stereocenters. The molecule has 1 heterocycles. The van der Waals surface area contributed by atoms with Crippen LogP contribution in [0.2, 0.25) is 10.0 Å². The standard InChI is InChI=1S/C22H16BrCl2N5O3S/c1-12(31)26-20-16(24)10-15(11-17(20)25)34(32,33)30-22-21(27-14-8-6-13(23)7-9-14)28-18-4-2-3-5-19(18)29-22/h2-11H,1H3,(H,26,31)(H,27,28)(H,29,30). The highest BCUT2D eigenvalue weighted by Gasteiger charge is 2.22. The van der Waals surface area contributed by atoms with Crippen LogP contribution < -0.4 is 15.4 Å². The van der Waals surface area contributed by atoms with E-state index in [0.717, 1.165) is 4.47 Å². The molecule has 8 nitrogen and oxygen atoms in total. The Kier molecular flexibility index (Phi) is 6.94. The number of rotatable bonds is 6. The van der Waals surface area contributed by atoms with Crippen LogP contribution >= 0.6 is 39.1 Å². The zero-order valence-corrected chi connectivity index (χ0v) is 21.3. The van der Waals surface area contributed by atoms with Crippen molar-refractivity contribution in [2.45, 2.75) is 11.8 Å². The topological polar surface area (TPSA) is 113 Å². The van der Waals surface area contributed by atoms with Crippen molar-refractivity contribution in [1.82, 2.24) is 9.97 Å². The van der Waals surface area contributed by atoms with E-state index in [0.29, 0.717) is 16.7 Å². The molecule has 0 saturated carbocycles. The Morgan fingerprint density at radius 2 is 1.47 bits per heavy atom. The highest BCUT2D eigenvalue weighted by molar-refractivity contribution is 9.10. The van der Waals surface area contributed by atoms with Crippen molar-refractivity contribution in [2.75, 3.05) is 15.4 Å². The molecular weight excluding hydrogens is 565 g/mol. The van der Waals surface area contributed by atoms with E-state index in [1.54, 1.807) is 30.3 Å². The molecule has 12 heteroatoms. The van der Waals surface area contributed by atoms with Gasteiger partial charge in [-0.05, 0) is 48.5 Å². The number of hydrogen-bond donors (Lipinski definition) is 3. The van der Waals surface area contributed by atoms with Crippen molar-refractivity contribution >= 4 is 89.1 Å². The zero-order chi connectivity index (χ0) is 24.5. The van der Waals surface area contributed by atoms with Gasteiger partial charge in [-0.3, -0.25) is 9.52 Å². The zero-order valence-electron chi connectivity index (χ0n) is 17.4. The van der Waals surface area contributed by atoms with E-state index in [1.165, 1.54) is 19.1 Å². The van der Waals surface area contributed by atoms with E-state index in [4.69, 9.17) is 23.2 Å². The fourth-order valence-electron chi connectivity index (χ4n) is 3.01. The highest BCUT2D eigenvalue weighted by Crippen LogP contribution is 2.35. The van der Waals surface area contributed by atoms with Gasteiger partial charge >= 0.3 is 0 Å². The van der Waals surface area contributed by atoms with Gasteiger partial charge in [0.15, 0.2) is 11.6 Å². The summed E-state index contributed by atoms with van der Waals surface area (Å²) in [5.41, 5.74) is 1.88. The summed E-state index contributed by atoms with van der Waals surface area (Å²) in [7, 11) is -4.18. The minimum absolute atomic E-state index is 0.0141. The van der Waals surface area contributed by atoms with Crippen molar-refractivity contribution < 1.29 is 13.2 Å². The normalized spacial score (nSPS) is 11.3. The summed E-state index contributed by atoms with van der Waals surface area (Å²) < 4.78 is 29.8. The lowest BCUT2D eigenvalue weighted by Gasteiger charge is -2.15. The molecule has 4 rings (SSSR count). The molecule has 3 N–H and O–H groups in total. The number of amides is 1. The molecular formula is C22H16BrCl2N5O3S. The molecule has 1 amide bonds. The summed E-state index contributed by atoms with van der Waals surface area (Å²) in [4.78, 5) is 20.2. The van der Waals surface area contributed by atoms with Crippen molar-refractivity contribution in [1.29, 1.82) is 0 Å². The van der Waals surface area contributed by atoms with E-state index >= 15 is 0 Å². The van der Waals surface area contributed by atoms with Gasteiger partial charge < -0.3 is 10.6 Å². The second-order valence-corrected chi connectivity index (χ2v) is 10.5.